The predicted octanol–water partition coefficient (Wildman–Crippen LogP) is 3.23. The first-order chi connectivity index (χ1) is 8.90. The van der Waals surface area contributed by atoms with Crippen LogP contribution in [0.15, 0.2) is 18.2 Å². The minimum Gasteiger partial charge on any atom is -0.481 e. The Morgan fingerprint density at radius 3 is 2.53 bits per heavy atom. The first kappa shape index (κ1) is 15.5. The van der Waals surface area contributed by atoms with Gasteiger partial charge in [0.05, 0.1) is 0 Å². The van der Waals surface area contributed by atoms with E-state index in [0.29, 0.717) is 12.5 Å². The maximum atomic E-state index is 11.9. The number of amides is 1. The van der Waals surface area contributed by atoms with Crippen LogP contribution in [-0.4, -0.2) is 18.6 Å². The second-order valence-corrected chi connectivity index (χ2v) is 5.50. The maximum absolute atomic E-state index is 11.9. The molecule has 0 aromatic heterocycles. The van der Waals surface area contributed by atoms with Crippen molar-refractivity contribution < 1.29 is 9.53 Å². The Hall–Kier alpha value is -1.51. The Kier molecular flexibility index (Phi) is 5.87. The molecule has 1 N–H and O–H groups in total. The van der Waals surface area contributed by atoms with Crippen LogP contribution in [0.1, 0.15) is 38.3 Å². The summed E-state index contributed by atoms with van der Waals surface area (Å²) in [6.07, 6.45) is 0.524. The molecule has 0 aliphatic carbocycles. The number of aryl methyl sites for hydroxylation is 2. The molecule has 1 unspecified atom stereocenters. The third-order valence-corrected chi connectivity index (χ3v) is 3.02. The van der Waals surface area contributed by atoms with E-state index < -0.39 is 6.10 Å². The Morgan fingerprint density at radius 1 is 1.26 bits per heavy atom. The highest BCUT2D eigenvalue weighted by atomic mass is 16.5. The van der Waals surface area contributed by atoms with Crippen molar-refractivity contribution in [2.45, 2.75) is 47.1 Å². The molecule has 0 radical (unpaired) electrons. The number of hydrogen-bond donors (Lipinski definition) is 1. The van der Waals surface area contributed by atoms with Gasteiger partial charge in [-0.05, 0) is 44.7 Å². The summed E-state index contributed by atoms with van der Waals surface area (Å²) in [5, 5.41) is 2.90. The molecule has 0 heterocycles. The molecule has 0 spiro atoms. The fraction of sp³-hybridized carbons (Fsp3) is 0.562. The lowest BCUT2D eigenvalue weighted by molar-refractivity contribution is -0.127. The molecule has 0 aliphatic heterocycles. The van der Waals surface area contributed by atoms with E-state index in [1.165, 1.54) is 5.56 Å². The lowest BCUT2D eigenvalue weighted by Gasteiger charge is -2.17. The number of nitrogens with one attached hydrogen (secondary N) is 1. The molecule has 1 aromatic carbocycles. The number of carbonyl (C=O) groups is 1. The van der Waals surface area contributed by atoms with Gasteiger partial charge in [-0.25, -0.2) is 0 Å². The molecule has 1 atom stereocenters. The molecule has 3 nitrogen and oxygen atoms in total. The van der Waals surface area contributed by atoms with Crippen molar-refractivity contribution in [1.29, 1.82) is 0 Å². The maximum Gasteiger partial charge on any atom is 0.260 e. The van der Waals surface area contributed by atoms with E-state index in [-0.39, 0.29) is 5.91 Å². The molecule has 0 saturated carbocycles. The van der Waals surface area contributed by atoms with Gasteiger partial charge < -0.3 is 10.1 Å². The monoisotopic (exact) mass is 263 g/mol. The third-order valence-electron chi connectivity index (χ3n) is 3.02. The van der Waals surface area contributed by atoms with Gasteiger partial charge in [0.15, 0.2) is 6.10 Å². The van der Waals surface area contributed by atoms with E-state index >= 15 is 0 Å². The van der Waals surface area contributed by atoms with Gasteiger partial charge in [0.1, 0.15) is 5.75 Å². The largest absolute Gasteiger partial charge is 0.481 e. The van der Waals surface area contributed by atoms with Crippen LogP contribution in [0.25, 0.3) is 0 Å². The summed E-state index contributed by atoms with van der Waals surface area (Å²) in [5.74, 6) is 1.31. The SMILES string of the molecule is Cc1ccc(OC(C)C(=O)NCCC(C)C)c(C)c1. The normalized spacial score (nSPS) is 12.3. The van der Waals surface area contributed by atoms with E-state index in [1.807, 2.05) is 26.0 Å². The van der Waals surface area contributed by atoms with Crippen molar-refractivity contribution in [2.24, 2.45) is 5.92 Å². The number of benzene rings is 1. The Labute approximate surface area is 116 Å². The van der Waals surface area contributed by atoms with E-state index in [9.17, 15) is 4.79 Å². The van der Waals surface area contributed by atoms with Crippen LogP contribution < -0.4 is 10.1 Å². The van der Waals surface area contributed by atoms with E-state index in [1.54, 1.807) is 6.92 Å². The molecule has 106 valence electrons. The molecule has 3 heteroatoms. The zero-order chi connectivity index (χ0) is 14.4. The van der Waals surface area contributed by atoms with Gasteiger partial charge in [0.2, 0.25) is 0 Å². The van der Waals surface area contributed by atoms with Gasteiger partial charge in [0.25, 0.3) is 5.91 Å². The van der Waals surface area contributed by atoms with Crippen molar-refractivity contribution in [1.82, 2.24) is 5.32 Å². The van der Waals surface area contributed by atoms with Crippen LogP contribution in [0.5, 0.6) is 5.75 Å². The molecule has 0 saturated heterocycles. The van der Waals surface area contributed by atoms with Gasteiger partial charge in [-0.1, -0.05) is 31.5 Å². The van der Waals surface area contributed by atoms with Gasteiger partial charge in [-0.3, -0.25) is 4.79 Å². The van der Waals surface area contributed by atoms with Crippen molar-refractivity contribution in [3.63, 3.8) is 0 Å². The van der Waals surface area contributed by atoms with Crippen LogP contribution in [0.4, 0.5) is 0 Å². The predicted molar refractivity (Wildman–Crippen MR) is 78.5 cm³/mol. The average Bonchev–Trinajstić information content (AvgIpc) is 2.32. The van der Waals surface area contributed by atoms with Gasteiger partial charge in [0, 0.05) is 6.54 Å². The van der Waals surface area contributed by atoms with Crippen molar-refractivity contribution in [3.8, 4) is 5.75 Å². The molecular weight excluding hydrogens is 238 g/mol. The second kappa shape index (κ2) is 7.17. The Balaban J connectivity index is 2.49. The molecule has 0 bridgehead atoms. The molecule has 0 fully saturated rings. The zero-order valence-corrected chi connectivity index (χ0v) is 12.6. The van der Waals surface area contributed by atoms with E-state index in [4.69, 9.17) is 4.74 Å². The first-order valence-corrected chi connectivity index (χ1v) is 6.91. The minimum atomic E-state index is -0.464. The van der Waals surface area contributed by atoms with E-state index in [2.05, 4.69) is 25.2 Å². The number of ether oxygens (including phenoxy) is 1. The molecule has 19 heavy (non-hydrogen) atoms. The van der Waals surface area contributed by atoms with Crippen molar-refractivity contribution in [3.05, 3.63) is 29.3 Å². The zero-order valence-electron chi connectivity index (χ0n) is 12.6. The molecule has 1 aromatic rings. The van der Waals surface area contributed by atoms with Gasteiger partial charge >= 0.3 is 0 Å². The fourth-order valence-electron chi connectivity index (χ4n) is 1.80. The number of hydrogen-bond acceptors (Lipinski definition) is 2. The van der Waals surface area contributed by atoms with Crippen LogP contribution >= 0.6 is 0 Å². The summed E-state index contributed by atoms with van der Waals surface area (Å²) in [5.41, 5.74) is 2.25. The summed E-state index contributed by atoms with van der Waals surface area (Å²) in [4.78, 5) is 11.9. The lowest BCUT2D eigenvalue weighted by atomic mass is 10.1. The quantitative estimate of drug-likeness (QED) is 0.855. The average molecular weight is 263 g/mol. The molecule has 0 aliphatic rings. The highest BCUT2D eigenvalue weighted by Gasteiger charge is 2.15. The number of rotatable bonds is 6. The summed E-state index contributed by atoms with van der Waals surface area (Å²) < 4.78 is 5.71. The summed E-state index contributed by atoms with van der Waals surface area (Å²) >= 11 is 0. The highest BCUT2D eigenvalue weighted by Crippen LogP contribution is 2.20. The fourth-order valence-corrected chi connectivity index (χ4v) is 1.80. The van der Waals surface area contributed by atoms with Crippen molar-refractivity contribution in [2.75, 3.05) is 6.54 Å². The minimum absolute atomic E-state index is 0.0550. The Bertz CT molecular complexity index is 427. The second-order valence-electron chi connectivity index (χ2n) is 5.50. The van der Waals surface area contributed by atoms with Crippen LogP contribution in [0.2, 0.25) is 0 Å². The standard InChI is InChI=1S/C16H25NO2/c1-11(2)8-9-17-16(18)14(5)19-15-7-6-12(3)10-13(15)4/h6-7,10-11,14H,8-9H2,1-5H3,(H,17,18). The summed E-state index contributed by atoms with van der Waals surface area (Å²) in [6.45, 7) is 10.8. The summed E-state index contributed by atoms with van der Waals surface area (Å²) in [7, 11) is 0. The van der Waals surface area contributed by atoms with Gasteiger partial charge in [-0.2, -0.15) is 0 Å². The van der Waals surface area contributed by atoms with Crippen LogP contribution in [0.3, 0.4) is 0 Å². The van der Waals surface area contributed by atoms with Gasteiger partial charge in [-0.15, -0.1) is 0 Å². The van der Waals surface area contributed by atoms with E-state index in [0.717, 1.165) is 17.7 Å². The lowest BCUT2D eigenvalue weighted by Crippen LogP contribution is -2.37. The Morgan fingerprint density at radius 2 is 1.95 bits per heavy atom. The van der Waals surface area contributed by atoms with Crippen LogP contribution in [-0.2, 0) is 4.79 Å². The molecule has 1 amide bonds. The summed E-state index contributed by atoms with van der Waals surface area (Å²) in [6, 6.07) is 5.97. The van der Waals surface area contributed by atoms with Crippen molar-refractivity contribution >= 4 is 5.91 Å². The third kappa shape index (κ3) is 5.33. The molecule has 1 rings (SSSR count). The molecular formula is C16H25NO2. The number of carbonyl (C=O) groups excluding carboxylic acids is 1. The van der Waals surface area contributed by atoms with Crippen LogP contribution in [0, 0.1) is 19.8 Å². The smallest absolute Gasteiger partial charge is 0.260 e. The topological polar surface area (TPSA) is 38.3 Å². The first-order valence-electron chi connectivity index (χ1n) is 6.91. The highest BCUT2D eigenvalue weighted by molar-refractivity contribution is 5.80.